The molecular weight excluding hydrogens is 356 g/mol. The molecule has 29 heavy (non-hydrogen) atoms. The van der Waals surface area contributed by atoms with Gasteiger partial charge in [0.25, 0.3) is 0 Å². The van der Waals surface area contributed by atoms with Crippen LogP contribution in [0.5, 0.6) is 0 Å². The smallest absolute Gasteiger partial charge is 0.146 e. The van der Waals surface area contributed by atoms with Gasteiger partial charge in [0.05, 0.1) is 6.10 Å². The van der Waals surface area contributed by atoms with E-state index in [-0.39, 0.29) is 33.2 Å². The molecule has 5 aliphatic carbocycles. The molecule has 0 amide bonds. The second-order valence-electron chi connectivity index (χ2n) is 12.1. The molecule has 0 saturated heterocycles. The molecule has 1 N–H and O–H groups in total. The molecular formula is C27H34O2. The average Bonchev–Trinajstić information content (AvgIpc) is 2.80. The van der Waals surface area contributed by atoms with Gasteiger partial charge in [-0.2, -0.15) is 0 Å². The van der Waals surface area contributed by atoms with Crippen molar-refractivity contribution in [3.8, 4) is 0 Å². The van der Waals surface area contributed by atoms with E-state index in [9.17, 15) is 9.90 Å². The maximum atomic E-state index is 13.0. The van der Waals surface area contributed by atoms with Gasteiger partial charge in [0, 0.05) is 16.2 Å². The van der Waals surface area contributed by atoms with E-state index >= 15 is 0 Å². The van der Waals surface area contributed by atoms with E-state index in [1.54, 1.807) is 0 Å². The standard InChI is InChI=1S/C27H34O2/c1-23(2)19-10-12-24(23,3)21(28)18(19)14-16-6-8-17(9-7-16)15-27-20-11-13-25(4,22(27)29)26(20,27)5/h6-9,14,19-21,28H,10-13,15H2,1-5H3/b18-14+. The Balaban J connectivity index is 1.25. The summed E-state index contributed by atoms with van der Waals surface area (Å²) in [5.41, 5.74) is 4.02. The van der Waals surface area contributed by atoms with Crippen molar-refractivity contribution in [3.05, 3.63) is 41.0 Å². The Labute approximate surface area is 174 Å². The van der Waals surface area contributed by atoms with Crippen LogP contribution in [0, 0.1) is 38.9 Å². The second-order valence-corrected chi connectivity index (χ2v) is 12.1. The molecule has 2 heteroatoms. The summed E-state index contributed by atoms with van der Waals surface area (Å²) in [7, 11) is 0. The molecule has 7 atom stereocenters. The number of fused-ring (bicyclic) bond motifs is 3. The van der Waals surface area contributed by atoms with Crippen molar-refractivity contribution in [3.63, 3.8) is 0 Å². The number of carbonyl (C=O) groups is 1. The van der Waals surface area contributed by atoms with Crippen LogP contribution >= 0.6 is 0 Å². The number of carbonyl (C=O) groups excluding carboxylic acids is 1. The summed E-state index contributed by atoms with van der Waals surface area (Å²) in [5.74, 6) is 1.63. The third-order valence-electron chi connectivity index (χ3n) is 11.5. The van der Waals surface area contributed by atoms with E-state index in [1.807, 2.05) is 0 Å². The van der Waals surface area contributed by atoms with Gasteiger partial charge in [-0.15, -0.1) is 0 Å². The summed E-state index contributed by atoms with van der Waals surface area (Å²) < 4.78 is 0. The van der Waals surface area contributed by atoms with Crippen LogP contribution in [0.1, 0.15) is 71.4 Å². The van der Waals surface area contributed by atoms with Crippen molar-refractivity contribution < 1.29 is 9.90 Å². The van der Waals surface area contributed by atoms with Crippen molar-refractivity contribution in [1.29, 1.82) is 0 Å². The van der Waals surface area contributed by atoms with Crippen LogP contribution in [0.3, 0.4) is 0 Å². The van der Waals surface area contributed by atoms with Crippen LogP contribution in [-0.4, -0.2) is 17.0 Å². The van der Waals surface area contributed by atoms with Gasteiger partial charge in [-0.25, -0.2) is 0 Å². The number of hydrogen-bond acceptors (Lipinski definition) is 2. The van der Waals surface area contributed by atoms with Crippen LogP contribution in [0.25, 0.3) is 6.08 Å². The van der Waals surface area contributed by atoms with Crippen molar-refractivity contribution in [2.45, 2.75) is 72.8 Å². The lowest BCUT2D eigenvalue weighted by atomic mass is 9.51. The van der Waals surface area contributed by atoms with Gasteiger partial charge in [0.2, 0.25) is 0 Å². The van der Waals surface area contributed by atoms with Gasteiger partial charge in [-0.1, -0.05) is 65.0 Å². The topological polar surface area (TPSA) is 37.3 Å². The number of benzene rings is 1. The van der Waals surface area contributed by atoms with Crippen LogP contribution < -0.4 is 0 Å². The molecule has 5 saturated carbocycles. The van der Waals surface area contributed by atoms with Crippen molar-refractivity contribution in [2.75, 3.05) is 0 Å². The summed E-state index contributed by atoms with van der Waals surface area (Å²) >= 11 is 0. The molecule has 1 aromatic rings. The minimum Gasteiger partial charge on any atom is -0.388 e. The fraction of sp³-hybridized carbons (Fsp3) is 0.667. The minimum absolute atomic E-state index is 0.000953. The Hall–Kier alpha value is -1.41. The van der Waals surface area contributed by atoms with E-state index in [4.69, 9.17) is 0 Å². The Morgan fingerprint density at radius 2 is 1.72 bits per heavy atom. The summed E-state index contributed by atoms with van der Waals surface area (Å²) in [4.78, 5) is 13.0. The Morgan fingerprint density at radius 3 is 2.28 bits per heavy atom. The lowest BCUT2D eigenvalue weighted by Crippen LogP contribution is -2.55. The molecule has 0 heterocycles. The highest BCUT2D eigenvalue weighted by atomic mass is 16.3. The number of Topliss-reactive ketones (excluding diaryl/α,β-unsaturated/α-hetero) is 1. The summed E-state index contributed by atoms with van der Waals surface area (Å²) in [6.07, 6.45) is 7.46. The van der Waals surface area contributed by atoms with Gasteiger partial charge in [0.1, 0.15) is 5.78 Å². The van der Waals surface area contributed by atoms with Gasteiger partial charge in [0.15, 0.2) is 0 Å². The zero-order valence-electron chi connectivity index (χ0n) is 18.5. The third kappa shape index (κ3) is 1.65. The second kappa shape index (κ2) is 4.90. The monoisotopic (exact) mass is 390 g/mol. The molecule has 2 bridgehead atoms. The van der Waals surface area contributed by atoms with Gasteiger partial charge < -0.3 is 5.11 Å². The molecule has 0 aromatic heterocycles. The fourth-order valence-electron chi connectivity index (χ4n) is 9.04. The van der Waals surface area contributed by atoms with Crippen molar-refractivity contribution in [1.82, 2.24) is 0 Å². The number of aliphatic hydroxyl groups is 1. The maximum Gasteiger partial charge on any atom is 0.146 e. The van der Waals surface area contributed by atoms with Crippen molar-refractivity contribution >= 4 is 11.9 Å². The Bertz CT molecular complexity index is 971. The number of ketones is 1. The predicted molar refractivity (Wildman–Crippen MR) is 115 cm³/mol. The molecule has 5 aliphatic rings. The summed E-state index contributed by atoms with van der Waals surface area (Å²) in [6.45, 7) is 11.5. The zero-order chi connectivity index (χ0) is 20.6. The van der Waals surface area contributed by atoms with E-state index in [0.29, 0.717) is 17.6 Å². The first-order valence-electron chi connectivity index (χ1n) is 11.6. The quantitative estimate of drug-likeness (QED) is 0.747. The first-order chi connectivity index (χ1) is 13.5. The highest BCUT2D eigenvalue weighted by Gasteiger charge is 2.95. The number of rotatable bonds is 3. The molecule has 0 spiro atoms. The molecule has 6 rings (SSSR count). The molecule has 2 nitrogen and oxygen atoms in total. The molecule has 7 unspecified atom stereocenters. The normalized spacial score (nSPS) is 52.0. The Kier molecular flexibility index (Phi) is 3.11. The Morgan fingerprint density at radius 1 is 1.03 bits per heavy atom. The van der Waals surface area contributed by atoms with Gasteiger partial charge in [-0.05, 0) is 71.5 Å². The van der Waals surface area contributed by atoms with Crippen LogP contribution in [0.2, 0.25) is 0 Å². The minimum atomic E-state index is -0.328. The SMILES string of the molecule is CC12CCC3C(Cc4ccc(/C=C5\C6CCC(C)(C5O)C6(C)C)cc4)(C1=O)C32C. The molecule has 1 aromatic carbocycles. The van der Waals surface area contributed by atoms with Crippen LogP contribution in [0.15, 0.2) is 29.8 Å². The largest absolute Gasteiger partial charge is 0.388 e. The first-order valence-corrected chi connectivity index (χ1v) is 11.6. The fourth-order valence-corrected chi connectivity index (χ4v) is 9.04. The predicted octanol–water partition coefficient (Wildman–Crippen LogP) is 5.43. The first kappa shape index (κ1) is 18.4. The van der Waals surface area contributed by atoms with Crippen LogP contribution in [0.4, 0.5) is 0 Å². The van der Waals surface area contributed by atoms with Gasteiger partial charge in [-0.3, -0.25) is 4.79 Å². The van der Waals surface area contributed by atoms with E-state index < -0.39 is 0 Å². The summed E-state index contributed by atoms with van der Waals surface area (Å²) in [6, 6.07) is 8.81. The molecule has 5 fully saturated rings. The highest BCUT2D eigenvalue weighted by Crippen LogP contribution is 2.93. The van der Waals surface area contributed by atoms with Gasteiger partial charge >= 0.3 is 0 Å². The van der Waals surface area contributed by atoms with Crippen LogP contribution in [-0.2, 0) is 11.2 Å². The maximum absolute atomic E-state index is 13.0. The lowest BCUT2D eigenvalue weighted by molar-refractivity contribution is -0.155. The van der Waals surface area contributed by atoms with E-state index in [1.165, 1.54) is 29.5 Å². The third-order valence-corrected chi connectivity index (χ3v) is 11.5. The zero-order valence-corrected chi connectivity index (χ0v) is 18.5. The number of aliphatic hydroxyl groups excluding tert-OH is 1. The van der Waals surface area contributed by atoms with Crippen molar-refractivity contribution in [2.24, 2.45) is 38.9 Å². The molecule has 0 aliphatic heterocycles. The van der Waals surface area contributed by atoms with E-state index in [2.05, 4.69) is 65.0 Å². The molecule has 154 valence electrons. The highest BCUT2D eigenvalue weighted by molar-refractivity contribution is 6.05. The molecule has 0 radical (unpaired) electrons. The number of hydrogen-bond donors (Lipinski definition) is 1. The lowest BCUT2D eigenvalue weighted by Gasteiger charge is -2.49. The summed E-state index contributed by atoms with van der Waals surface area (Å²) in [5, 5.41) is 11.0. The van der Waals surface area contributed by atoms with E-state index in [0.717, 1.165) is 19.3 Å². The average molecular weight is 391 g/mol.